The van der Waals surface area contributed by atoms with Crippen LogP contribution in [-0.4, -0.2) is 32.2 Å². The van der Waals surface area contributed by atoms with Gasteiger partial charge in [0, 0.05) is 6.08 Å². The molecular weight excluding hydrogens is 366 g/mol. The number of hydrogen-bond donors (Lipinski definition) is 1. The second-order valence-corrected chi connectivity index (χ2v) is 6.41. The first-order valence-electron chi connectivity index (χ1n) is 5.69. The molecule has 5 nitrogen and oxygen atoms in total. The number of rotatable bonds is 4. The van der Waals surface area contributed by atoms with Gasteiger partial charge in [0.25, 0.3) is 5.91 Å². The summed E-state index contributed by atoms with van der Waals surface area (Å²) in [5, 5.41) is 9.14. The van der Waals surface area contributed by atoms with Gasteiger partial charge in [0.1, 0.15) is 16.1 Å². The number of hydrogen-bond acceptors (Lipinski definition) is 5. The largest absolute Gasteiger partial charge is 0.480 e. The number of thioether (sulfide) groups is 1. The van der Waals surface area contributed by atoms with E-state index >= 15 is 0 Å². The predicted octanol–water partition coefficient (Wildman–Crippen LogP) is 3.11. The molecule has 0 aromatic carbocycles. The first-order chi connectivity index (χ1) is 9.43. The summed E-state index contributed by atoms with van der Waals surface area (Å²) in [7, 11) is 0. The maximum Gasteiger partial charge on any atom is 0.326 e. The summed E-state index contributed by atoms with van der Waals surface area (Å²) >= 11 is 9.35. The summed E-state index contributed by atoms with van der Waals surface area (Å²) in [5.41, 5.74) is 0. The average Bonchev–Trinajstić information content (AvgIpc) is 2.89. The number of furan rings is 1. The van der Waals surface area contributed by atoms with Crippen LogP contribution in [-0.2, 0) is 9.59 Å². The molecule has 0 spiro atoms. The van der Waals surface area contributed by atoms with Crippen LogP contribution in [0, 0.1) is 0 Å². The van der Waals surface area contributed by atoms with Gasteiger partial charge in [-0.05, 0) is 34.5 Å². The van der Waals surface area contributed by atoms with Crippen molar-refractivity contribution < 1.29 is 19.1 Å². The van der Waals surface area contributed by atoms with Crippen molar-refractivity contribution >= 4 is 62.2 Å². The number of carbonyl (C=O) groups excluding carboxylic acids is 1. The van der Waals surface area contributed by atoms with Crippen LogP contribution in [0.3, 0.4) is 0 Å². The Kier molecular flexibility index (Phi) is 4.66. The lowest BCUT2D eigenvalue weighted by atomic mass is 10.2. The number of aliphatic carboxylic acids is 1. The average molecular weight is 376 g/mol. The van der Waals surface area contributed by atoms with Crippen LogP contribution in [0.15, 0.2) is 26.1 Å². The quantitative estimate of drug-likeness (QED) is 0.643. The molecule has 106 valence electrons. The van der Waals surface area contributed by atoms with E-state index in [2.05, 4.69) is 15.9 Å². The molecule has 1 aliphatic heterocycles. The van der Waals surface area contributed by atoms with Crippen molar-refractivity contribution in [3.05, 3.63) is 27.5 Å². The molecule has 1 fully saturated rings. The van der Waals surface area contributed by atoms with Crippen molar-refractivity contribution in [3.8, 4) is 0 Å². The molecule has 1 unspecified atom stereocenters. The van der Waals surface area contributed by atoms with Gasteiger partial charge in [0.15, 0.2) is 4.67 Å². The highest BCUT2D eigenvalue weighted by Gasteiger charge is 2.39. The zero-order valence-electron chi connectivity index (χ0n) is 10.3. The van der Waals surface area contributed by atoms with E-state index in [1.165, 1.54) is 0 Å². The molecule has 2 heterocycles. The van der Waals surface area contributed by atoms with Gasteiger partial charge in [0.05, 0.1) is 4.91 Å². The maximum absolute atomic E-state index is 12.3. The van der Waals surface area contributed by atoms with Crippen molar-refractivity contribution in [3.63, 3.8) is 0 Å². The Morgan fingerprint density at radius 2 is 2.35 bits per heavy atom. The Morgan fingerprint density at radius 1 is 1.65 bits per heavy atom. The zero-order chi connectivity index (χ0) is 14.9. The number of thiocarbonyl (C=S) groups is 1. The minimum Gasteiger partial charge on any atom is -0.480 e. The smallest absolute Gasteiger partial charge is 0.326 e. The first-order valence-corrected chi connectivity index (χ1v) is 7.71. The summed E-state index contributed by atoms with van der Waals surface area (Å²) in [6, 6.07) is 2.47. The van der Waals surface area contributed by atoms with Crippen LogP contribution < -0.4 is 0 Å². The lowest BCUT2D eigenvalue weighted by molar-refractivity contribution is -0.145. The lowest BCUT2D eigenvalue weighted by Crippen LogP contribution is -2.43. The Bertz CT molecular complexity index is 610. The van der Waals surface area contributed by atoms with E-state index in [-0.39, 0.29) is 4.32 Å². The Hall–Kier alpha value is -1.12. The van der Waals surface area contributed by atoms with E-state index in [4.69, 9.17) is 21.7 Å². The van der Waals surface area contributed by atoms with Crippen LogP contribution in [0.1, 0.15) is 19.1 Å². The second kappa shape index (κ2) is 6.11. The van der Waals surface area contributed by atoms with E-state index in [0.717, 1.165) is 16.7 Å². The van der Waals surface area contributed by atoms with E-state index in [1.54, 1.807) is 25.1 Å². The van der Waals surface area contributed by atoms with Crippen molar-refractivity contribution in [1.82, 2.24) is 4.90 Å². The molecular formula is C12H10BrNO4S2. The number of amides is 1. The number of carboxylic acid groups (broad SMARTS) is 1. The van der Waals surface area contributed by atoms with E-state index in [9.17, 15) is 9.59 Å². The SMILES string of the molecule is CCC(C(=O)O)N1C(=O)C(=Cc2ccc(Br)o2)SC1=S. The molecule has 1 amide bonds. The van der Waals surface area contributed by atoms with Gasteiger partial charge in [-0.2, -0.15) is 0 Å². The molecule has 0 radical (unpaired) electrons. The topological polar surface area (TPSA) is 70.8 Å². The molecule has 0 saturated carbocycles. The third-order valence-electron chi connectivity index (χ3n) is 2.67. The molecule has 1 aromatic heterocycles. The van der Waals surface area contributed by atoms with Crippen LogP contribution in [0.4, 0.5) is 0 Å². The molecule has 20 heavy (non-hydrogen) atoms. The third-order valence-corrected chi connectivity index (χ3v) is 4.43. The van der Waals surface area contributed by atoms with Crippen LogP contribution >= 0.6 is 39.9 Å². The van der Waals surface area contributed by atoms with Crippen molar-refractivity contribution in [1.29, 1.82) is 0 Å². The predicted molar refractivity (Wildman–Crippen MR) is 83.1 cm³/mol. The molecule has 2 rings (SSSR count). The van der Waals surface area contributed by atoms with Crippen LogP contribution in [0.5, 0.6) is 0 Å². The minimum absolute atomic E-state index is 0.251. The molecule has 0 aliphatic carbocycles. The molecule has 1 atom stereocenters. The fourth-order valence-corrected chi connectivity index (χ4v) is 3.41. The van der Waals surface area contributed by atoms with Gasteiger partial charge >= 0.3 is 5.97 Å². The normalized spacial score (nSPS) is 18.9. The number of halogens is 1. The first kappa shape index (κ1) is 15.3. The van der Waals surface area contributed by atoms with Crippen molar-refractivity contribution in [2.75, 3.05) is 0 Å². The van der Waals surface area contributed by atoms with E-state index in [1.807, 2.05) is 0 Å². The summed E-state index contributed by atoms with van der Waals surface area (Å²) in [4.78, 5) is 24.9. The third kappa shape index (κ3) is 2.97. The van der Waals surface area contributed by atoms with Gasteiger partial charge in [-0.15, -0.1) is 0 Å². The molecule has 1 aromatic rings. The van der Waals surface area contributed by atoms with Crippen LogP contribution in [0.2, 0.25) is 0 Å². The maximum atomic E-state index is 12.3. The minimum atomic E-state index is -1.06. The zero-order valence-corrected chi connectivity index (χ0v) is 13.5. The summed E-state index contributed by atoms with van der Waals surface area (Å²) in [6.07, 6.45) is 1.85. The number of carboxylic acids is 1. The van der Waals surface area contributed by atoms with Gasteiger partial charge in [-0.3, -0.25) is 9.69 Å². The van der Waals surface area contributed by atoms with Gasteiger partial charge < -0.3 is 9.52 Å². The van der Waals surface area contributed by atoms with Gasteiger partial charge in [-0.25, -0.2) is 4.79 Å². The van der Waals surface area contributed by atoms with Gasteiger partial charge in [-0.1, -0.05) is 30.9 Å². The Balaban J connectivity index is 2.29. The fraction of sp³-hybridized carbons (Fsp3) is 0.250. The van der Waals surface area contributed by atoms with Crippen molar-refractivity contribution in [2.24, 2.45) is 0 Å². The van der Waals surface area contributed by atoms with Crippen molar-refractivity contribution in [2.45, 2.75) is 19.4 Å². The summed E-state index contributed by atoms with van der Waals surface area (Å²) in [6.45, 7) is 1.70. The van der Waals surface area contributed by atoms with E-state index < -0.39 is 17.9 Å². The monoisotopic (exact) mass is 375 g/mol. The summed E-state index contributed by atoms with van der Waals surface area (Å²) in [5.74, 6) is -0.965. The Morgan fingerprint density at radius 3 is 2.85 bits per heavy atom. The van der Waals surface area contributed by atoms with Crippen LogP contribution in [0.25, 0.3) is 6.08 Å². The lowest BCUT2D eigenvalue weighted by Gasteiger charge is -2.21. The van der Waals surface area contributed by atoms with E-state index in [0.29, 0.717) is 21.8 Å². The Labute approximate surface area is 133 Å². The highest BCUT2D eigenvalue weighted by Crippen LogP contribution is 2.35. The molecule has 1 N–H and O–H groups in total. The highest BCUT2D eigenvalue weighted by molar-refractivity contribution is 9.10. The standard InChI is InChI=1S/C12H10BrNO4S2/c1-2-7(11(16)17)14-10(15)8(20-12(14)19)5-6-3-4-9(13)18-6/h3-5,7H,2H2,1H3,(H,16,17). The second-order valence-electron chi connectivity index (χ2n) is 3.96. The number of nitrogens with zero attached hydrogens (tertiary/aromatic N) is 1. The van der Waals surface area contributed by atoms with Gasteiger partial charge in [0.2, 0.25) is 0 Å². The molecule has 0 bridgehead atoms. The summed E-state index contributed by atoms with van der Waals surface area (Å²) < 4.78 is 6.10. The molecule has 8 heteroatoms. The number of carbonyl (C=O) groups is 2. The molecule has 1 aliphatic rings. The highest BCUT2D eigenvalue weighted by atomic mass is 79.9. The molecule has 1 saturated heterocycles. The fourth-order valence-electron chi connectivity index (χ4n) is 1.75.